The molecule has 1 atom stereocenters. The lowest BCUT2D eigenvalue weighted by Gasteiger charge is -2.22. The van der Waals surface area contributed by atoms with Crippen molar-refractivity contribution < 1.29 is 9.59 Å². The summed E-state index contributed by atoms with van der Waals surface area (Å²) in [5, 5.41) is 8.73. The molecule has 5 nitrogen and oxygen atoms in total. The lowest BCUT2D eigenvalue weighted by molar-refractivity contribution is -0.126. The van der Waals surface area contributed by atoms with Crippen molar-refractivity contribution in [1.29, 1.82) is 0 Å². The van der Waals surface area contributed by atoms with Crippen LogP contribution >= 0.6 is 0 Å². The van der Waals surface area contributed by atoms with Gasteiger partial charge in [-0.2, -0.15) is 0 Å². The Balaban J connectivity index is 2.10. The zero-order valence-electron chi connectivity index (χ0n) is 11.4. The molecule has 1 saturated heterocycles. The van der Waals surface area contributed by atoms with E-state index in [1.807, 2.05) is 13.8 Å². The van der Waals surface area contributed by atoms with Crippen molar-refractivity contribution in [2.45, 2.75) is 33.1 Å². The van der Waals surface area contributed by atoms with Crippen LogP contribution in [0.15, 0.2) is 0 Å². The molecule has 1 heterocycles. The molecular weight excluding hydrogens is 230 g/mol. The average molecular weight is 255 g/mol. The number of carbonyl (C=O) groups excluding carboxylic acids is 2. The first-order valence-electron chi connectivity index (χ1n) is 6.82. The van der Waals surface area contributed by atoms with Gasteiger partial charge in [-0.25, -0.2) is 0 Å². The van der Waals surface area contributed by atoms with E-state index in [0.29, 0.717) is 24.8 Å². The van der Waals surface area contributed by atoms with Crippen LogP contribution in [0.25, 0.3) is 0 Å². The Morgan fingerprint density at radius 2 is 2.06 bits per heavy atom. The van der Waals surface area contributed by atoms with E-state index in [0.717, 1.165) is 25.9 Å². The molecule has 1 unspecified atom stereocenters. The Bertz CT molecular complexity index is 273. The highest BCUT2D eigenvalue weighted by Crippen LogP contribution is 2.13. The number of hydrogen-bond acceptors (Lipinski definition) is 3. The molecule has 1 fully saturated rings. The molecule has 0 radical (unpaired) electrons. The third-order valence-electron chi connectivity index (χ3n) is 3.03. The fourth-order valence-corrected chi connectivity index (χ4v) is 1.99. The van der Waals surface area contributed by atoms with Crippen LogP contribution in [0.5, 0.6) is 0 Å². The molecule has 0 spiro atoms. The van der Waals surface area contributed by atoms with Crippen molar-refractivity contribution in [3.05, 3.63) is 0 Å². The molecule has 5 heteroatoms. The van der Waals surface area contributed by atoms with Crippen LogP contribution in [0.1, 0.15) is 33.1 Å². The minimum Gasteiger partial charge on any atom is -0.354 e. The first-order chi connectivity index (χ1) is 8.58. The predicted molar refractivity (Wildman–Crippen MR) is 71.1 cm³/mol. The van der Waals surface area contributed by atoms with E-state index in [1.165, 1.54) is 0 Å². The van der Waals surface area contributed by atoms with Gasteiger partial charge >= 0.3 is 0 Å². The standard InChI is InChI=1S/C13H25N3O2/c1-10(2)7-15-13(18)9-16-12(17)6-11-4-3-5-14-8-11/h10-11,14H,3-9H2,1-2H3,(H,15,18)(H,16,17). The van der Waals surface area contributed by atoms with E-state index in [4.69, 9.17) is 0 Å². The topological polar surface area (TPSA) is 70.2 Å². The zero-order chi connectivity index (χ0) is 13.4. The fraction of sp³-hybridized carbons (Fsp3) is 0.846. The normalized spacial score (nSPS) is 19.6. The van der Waals surface area contributed by atoms with E-state index in [9.17, 15) is 9.59 Å². The molecule has 1 aliphatic rings. The highest BCUT2D eigenvalue weighted by atomic mass is 16.2. The Morgan fingerprint density at radius 1 is 1.28 bits per heavy atom. The Morgan fingerprint density at radius 3 is 2.67 bits per heavy atom. The lowest BCUT2D eigenvalue weighted by Crippen LogP contribution is -2.40. The third-order valence-corrected chi connectivity index (χ3v) is 3.03. The van der Waals surface area contributed by atoms with Gasteiger partial charge in [0.1, 0.15) is 0 Å². The zero-order valence-corrected chi connectivity index (χ0v) is 11.4. The van der Waals surface area contributed by atoms with Crippen molar-refractivity contribution >= 4 is 11.8 Å². The maximum Gasteiger partial charge on any atom is 0.239 e. The van der Waals surface area contributed by atoms with Crippen molar-refractivity contribution in [2.75, 3.05) is 26.2 Å². The van der Waals surface area contributed by atoms with Gasteiger partial charge in [-0.3, -0.25) is 9.59 Å². The smallest absolute Gasteiger partial charge is 0.239 e. The second kappa shape index (κ2) is 8.08. The van der Waals surface area contributed by atoms with Gasteiger partial charge in [0, 0.05) is 13.0 Å². The van der Waals surface area contributed by atoms with Crippen molar-refractivity contribution in [1.82, 2.24) is 16.0 Å². The van der Waals surface area contributed by atoms with Crippen LogP contribution < -0.4 is 16.0 Å². The minimum atomic E-state index is -0.112. The molecule has 0 aromatic carbocycles. The van der Waals surface area contributed by atoms with Crippen LogP contribution in [0.2, 0.25) is 0 Å². The summed E-state index contributed by atoms with van der Waals surface area (Å²) in [5.41, 5.74) is 0. The summed E-state index contributed by atoms with van der Waals surface area (Å²) in [4.78, 5) is 23.0. The van der Waals surface area contributed by atoms with Crippen molar-refractivity contribution in [3.63, 3.8) is 0 Å². The van der Waals surface area contributed by atoms with E-state index in [1.54, 1.807) is 0 Å². The molecule has 2 amide bonds. The Labute approximate surface area is 109 Å². The first-order valence-corrected chi connectivity index (χ1v) is 6.82. The minimum absolute atomic E-state index is 0.0246. The molecular formula is C13H25N3O2. The van der Waals surface area contributed by atoms with Crippen molar-refractivity contribution in [2.24, 2.45) is 11.8 Å². The van der Waals surface area contributed by atoms with Gasteiger partial charge in [-0.1, -0.05) is 13.8 Å². The summed E-state index contributed by atoms with van der Waals surface area (Å²) in [7, 11) is 0. The van der Waals surface area contributed by atoms with E-state index in [-0.39, 0.29) is 18.4 Å². The van der Waals surface area contributed by atoms with Crippen LogP contribution in [0.3, 0.4) is 0 Å². The second-order valence-electron chi connectivity index (χ2n) is 5.39. The number of nitrogens with one attached hydrogen (secondary N) is 3. The summed E-state index contributed by atoms with van der Waals surface area (Å²) in [6.45, 7) is 6.78. The summed E-state index contributed by atoms with van der Waals surface area (Å²) < 4.78 is 0. The van der Waals surface area contributed by atoms with Gasteiger partial charge < -0.3 is 16.0 Å². The summed E-state index contributed by atoms with van der Waals surface area (Å²) in [6.07, 6.45) is 2.75. The molecule has 0 aliphatic carbocycles. The SMILES string of the molecule is CC(C)CNC(=O)CNC(=O)CC1CCCNC1. The second-order valence-corrected chi connectivity index (χ2v) is 5.39. The largest absolute Gasteiger partial charge is 0.354 e. The summed E-state index contributed by atoms with van der Waals surface area (Å²) >= 11 is 0. The highest BCUT2D eigenvalue weighted by Gasteiger charge is 2.16. The summed E-state index contributed by atoms with van der Waals surface area (Å²) in [6, 6.07) is 0. The fourth-order valence-electron chi connectivity index (χ4n) is 1.99. The van der Waals surface area contributed by atoms with Crippen LogP contribution in [-0.4, -0.2) is 38.0 Å². The van der Waals surface area contributed by atoms with Crippen LogP contribution in [0, 0.1) is 11.8 Å². The van der Waals surface area contributed by atoms with Gasteiger partial charge in [0.15, 0.2) is 0 Å². The van der Waals surface area contributed by atoms with Gasteiger partial charge in [0.05, 0.1) is 6.54 Å². The molecule has 0 saturated carbocycles. The van der Waals surface area contributed by atoms with E-state index < -0.39 is 0 Å². The van der Waals surface area contributed by atoms with Gasteiger partial charge in [0.25, 0.3) is 0 Å². The Hall–Kier alpha value is -1.10. The number of rotatable bonds is 6. The van der Waals surface area contributed by atoms with Gasteiger partial charge in [-0.15, -0.1) is 0 Å². The number of carbonyl (C=O) groups is 2. The lowest BCUT2D eigenvalue weighted by atomic mass is 9.96. The first kappa shape index (κ1) is 15.0. The molecule has 0 aromatic heterocycles. The molecule has 3 N–H and O–H groups in total. The Kier molecular flexibility index (Phi) is 6.72. The molecule has 0 aromatic rings. The van der Waals surface area contributed by atoms with E-state index >= 15 is 0 Å². The maximum absolute atomic E-state index is 11.6. The highest BCUT2D eigenvalue weighted by molar-refractivity contribution is 5.84. The molecule has 18 heavy (non-hydrogen) atoms. The monoisotopic (exact) mass is 255 g/mol. The number of hydrogen-bond donors (Lipinski definition) is 3. The van der Waals surface area contributed by atoms with Crippen LogP contribution in [0.4, 0.5) is 0 Å². The third kappa shape index (κ3) is 6.59. The van der Waals surface area contributed by atoms with Gasteiger partial charge in [0.2, 0.25) is 11.8 Å². The summed E-state index contributed by atoms with van der Waals surface area (Å²) in [5.74, 6) is 0.706. The van der Waals surface area contributed by atoms with Gasteiger partial charge in [-0.05, 0) is 37.8 Å². The number of amides is 2. The predicted octanol–water partition coefficient (Wildman–Crippen LogP) is 0.265. The average Bonchev–Trinajstić information content (AvgIpc) is 2.35. The van der Waals surface area contributed by atoms with Crippen LogP contribution in [-0.2, 0) is 9.59 Å². The molecule has 1 aliphatic heterocycles. The molecule has 1 rings (SSSR count). The maximum atomic E-state index is 11.6. The number of piperidine rings is 1. The molecule has 0 bridgehead atoms. The van der Waals surface area contributed by atoms with E-state index in [2.05, 4.69) is 16.0 Å². The quantitative estimate of drug-likeness (QED) is 0.638. The van der Waals surface area contributed by atoms with Crippen molar-refractivity contribution in [3.8, 4) is 0 Å². The molecule has 104 valence electrons.